The molecule has 0 unspecified atom stereocenters. The first-order chi connectivity index (χ1) is 11.7. The first-order valence-corrected chi connectivity index (χ1v) is 9.99. The van der Waals surface area contributed by atoms with E-state index in [-0.39, 0.29) is 12.1 Å². The van der Waals surface area contributed by atoms with Gasteiger partial charge >= 0.3 is 5.97 Å². The highest BCUT2D eigenvalue weighted by molar-refractivity contribution is 5.69. The SMILES string of the molecule is CCCCCCC(CCCCCC)OC(=O)CCCCCOC=O. The predicted octanol–water partition coefficient (Wildman–Crippen LogP) is 5.57. The quantitative estimate of drug-likeness (QED) is 0.185. The molecule has 0 rings (SSSR count). The van der Waals surface area contributed by atoms with Crippen molar-refractivity contribution in [2.45, 2.75) is 110 Å². The van der Waals surface area contributed by atoms with E-state index in [1.54, 1.807) is 0 Å². The molecule has 0 amide bonds. The standard InChI is InChI=1S/C20H38O4/c1-3-5-7-10-14-19(15-11-8-6-4-2)24-20(22)16-12-9-13-17-23-18-21/h18-19H,3-17H2,1-2H3. The van der Waals surface area contributed by atoms with E-state index < -0.39 is 0 Å². The molecule has 4 nitrogen and oxygen atoms in total. The highest BCUT2D eigenvalue weighted by atomic mass is 16.5. The summed E-state index contributed by atoms with van der Waals surface area (Å²) in [4.78, 5) is 22.0. The van der Waals surface area contributed by atoms with E-state index in [4.69, 9.17) is 4.74 Å². The van der Waals surface area contributed by atoms with Crippen LogP contribution in [-0.4, -0.2) is 25.2 Å². The molecule has 142 valence electrons. The molecule has 0 aliphatic rings. The van der Waals surface area contributed by atoms with Crippen molar-refractivity contribution in [3.63, 3.8) is 0 Å². The van der Waals surface area contributed by atoms with Crippen LogP contribution in [0, 0.1) is 0 Å². The molecule has 24 heavy (non-hydrogen) atoms. The normalized spacial score (nSPS) is 10.8. The average Bonchev–Trinajstić information content (AvgIpc) is 2.58. The molecule has 0 saturated carbocycles. The van der Waals surface area contributed by atoms with Crippen molar-refractivity contribution < 1.29 is 19.1 Å². The summed E-state index contributed by atoms with van der Waals surface area (Å²) in [6.07, 6.45) is 14.9. The zero-order valence-electron chi connectivity index (χ0n) is 15.9. The van der Waals surface area contributed by atoms with Crippen LogP contribution in [0.5, 0.6) is 0 Å². The first-order valence-electron chi connectivity index (χ1n) is 9.99. The molecule has 0 aliphatic heterocycles. The van der Waals surface area contributed by atoms with Crippen molar-refractivity contribution in [3.05, 3.63) is 0 Å². The van der Waals surface area contributed by atoms with Gasteiger partial charge in [-0.3, -0.25) is 9.59 Å². The van der Waals surface area contributed by atoms with Crippen molar-refractivity contribution in [2.24, 2.45) is 0 Å². The predicted molar refractivity (Wildman–Crippen MR) is 97.9 cm³/mol. The number of carbonyl (C=O) groups is 2. The van der Waals surface area contributed by atoms with Gasteiger partial charge in [0.2, 0.25) is 0 Å². The third-order valence-corrected chi connectivity index (χ3v) is 4.27. The molecule has 0 bridgehead atoms. The molecule has 0 fully saturated rings. The van der Waals surface area contributed by atoms with Gasteiger partial charge in [-0.25, -0.2) is 0 Å². The van der Waals surface area contributed by atoms with Gasteiger partial charge in [0.15, 0.2) is 0 Å². The lowest BCUT2D eigenvalue weighted by atomic mass is 10.0. The van der Waals surface area contributed by atoms with Gasteiger partial charge in [-0.15, -0.1) is 0 Å². The van der Waals surface area contributed by atoms with E-state index in [0.717, 1.165) is 44.9 Å². The van der Waals surface area contributed by atoms with Gasteiger partial charge in [-0.2, -0.15) is 0 Å². The Labute approximate surface area is 148 Å². The van der Waals surface area contributed by atoms with Crippen LogP contribution in [-0.2, 0) is 19.1 Å². The molecule has 0 aromatic heterocycles. The molecule has 0 radical (unpaired) electrons. The second kappa shape index (κ2) is 18.3. The average molecular weight is 343 g/mol. The molecule has 0 N–H and O–H groups in total. The first kappa shape index (κ1) is 22.9. The molecule has 0 saturated heterocycles. The lowest BCUT2D eigenvalue weighted by molar-refractivity contribution is -0.150. The Morgan fingerprint density at radius 3 is 1.96 bits per heavy atom. The number of hydrogen-bond donors (Lipinski definition) is 0. The van der Waals surface area contributed by atoms with Gasteiger partial charge in [0.05, 0.1) is 6.61 Å². The molecule has 0 atom stereocenters. The summed E-state index contributed by atoms with van der Waals surface area (Å²) in [5, 5.41) is 0. The fourth-order valence-corrected chi connectivity index (χ4v) is 2.78. The fraction of sp³-hybridized carbons (Fsp3) is 0.900. The van der Waals surface area contributed by atoms with Crippen LogP contribution < -0.4 is 0 Å². The molecular weight excluding hydrogens is 304 g/mol. The lowest BCUT2D eigenvalue weighted by Crippen LogP contribution is -2.18. The van der Waals surface area contributed by atoms with Crippen molar-refractivity contribution in [3.8, 4) is 0 Å². The zero-order chi connectivity index (χ0) is 17.9. The Bertz CT molecular complexity index is 279. The monoisotopic (exact) mass is 342 g/mol. The minimum absolute atomic E-state index is 0.0673. The van der Waals surface area contributed by atoms with Crippen molar-refractivity contribution in [2.75, 3.05) is 6.61 Å². The van der Waals surface area contributed by atoms with E-state index in [9.17, 15) is 9.59 Å². The van der Waals surface area contributed by atoms with E-state index in [1.807, 2.05) is 0 Å². The molecule has 4 heteroatoms. The summed E-state index contributed by atoms with van der Waals surface area (Å²) in [7, 11) is 0. The minimum Gasteiger partial charge on any atom is -0.468 e. The van der Waals surface area contributed by atoms with Crippen LogP contribution >= 0.6 is 0 Å². The molecule has 0 aromatic rings. The summed E-state index contributed by atoms with van der Waals surface area (Å²) in [5.74, 6) is -0.0673. The lowest BCUT2D eigenvalue weighted by Gasteiger charge is -2.18. The van der Waals surface area contributed by atoms with Crippen molar-refractivity contribution >= 4 is 12.4 Å². The second-order valence-corrected chi connectivity index (χ2v) is 6.59. The fourth-order valence-electron chi connectivity index (χ4n) is 2.78. The van der Waals surface area contributed by atoms with Crippen LogP contribution in [0.4, 0.5) is 0 Å². The Balaban J connectivity index is 3.92. The second-order valence-electron chi connectivity index (χ2n) is 6.59. The number of esters is 1. The molecule has 0 aliphatic carbocycles. The van der Waals surface area contributed by atoms with Gasteiger partial charge in [0.25, 0.3) is 6.47 Å². The Hall–Kier alpha value is -1.06. The largest absolute Gasteiger partial charge is 0.468 e. The maximum atomic E-state index is 12.0. The van der Waals surface area contributed by atoms with Crippen LogP contribution in [0.1, 0.15) is 104 Å². The Morgan fingerprint density at radius 1 is 0.833 bits per heavy atom. The van der Waals surface area contributed by atoms with E-state index in [2.05, 4.69) is 18.6 Å². The molecule has 0 heterocycles. The summed E-state index contributed by atoms with van der Waals surface area (Å²) < 4.78 is 10.3. The molecular formula is C20H38O4. The number of ether oxygens (including phenoxy) is 2. The van der Waals surface area contributed by atoms with Gasteiger partial charge < -0.3 is 9.47 Å². The van der Waals surface area contributed by atoms with Gasteiger partial charge in [-0.1, -0.05) is 52.4 Å². The topological polar surface area (TPSA) is 52.6 Å². The summed E-state index contributed by atoms with van der Waals surface area (Å²) >= 11 is 0. The van der Waals surface area contributed by atoms with Gasteiger partial charge in [-0.05, 0) is 44.9 Å². The van der Waals surface area contributed by atoms with Crippen molar-refractivity contribution in [1.29, 1.82) is 0 Å². The maximum absolute atomic E-state index is 12.0. The van der Waals surface area contributed by atoms with Gasteiger partial charge in [0.1, 0.15) is 6.10 Å². The number of unbranched alkanes of at least 4 members (excludes halogenated alkanes) is 8. The van der Waals surface area contributed by atoms with Crippen molar-refractivity contribution in [1.82, 2.24) is 0 Å². The van der Waals surface area contributed by atoms with E-state index >= 15 is 0 Å². The smallest absolute Gasteiger partial charge is 0.306 e. The highest BCUT2D eigenvalue weighted by Gasteiger charge is 2.14. The van der Waals surface area contributed by atoms with Crippen LogP contribution in [0.3, 0.4) is 0 Å². The third kappa shape index (κ3) is 15.8. The molecule has 0 aromatic carbocycles. The summed E-state index contributed by atoms with van der Waals surface area (Å²) in [6.45, 7) is 5.33. The summed E-state index contributed by atoms with van der Waals surface area (Å²) in [6, 6.07) is 0. The number of hydrogen-bond acceptors (Lipinski definition) is 4. The minimum atomic E-state index is -0.0673. The third-order valence-electron chi connectivity index (χ3n) is 4.27. The zero-order valence-corrected chi connectivity index (χ0v) is 15.9. The number of rotatable bonds is 18. The Kier molecular flexibility index (Phi) is 17.5. The van der Waals surface area contributed by atoms with Gasteiger partial charge in [0, 0.05) is 6.42 Å². The van der Waals surface area contributed by atoms with E-state index in [0.29, 0.717) is 19.5 Å². The van der Waals surface area contributed by atoms with Crippen LogP contribution in [0.2, 0.25) is 0 Å². The van der Waals surface area contributed by atoms with Crippen LogP contribution in [0.15, 0.2) is 0 Å². The molecule has 0 spiro atoms. The van der Waals surface area contributed by atoms with E-state index in [1.165, 1.54) is 38.5 Å². The highest BCUT2D eigenvalue weighted by Crippen LogP contribution is 2.16. The Morgan fingerprint density at radius 2 is 1.42 bits per heavy atom. The summed E-state index contributed by atoms with van der Waals surface area (Å²) in [5.41, 5.74) is 0. The van der Waals surface area contributed by atoms with Crippen LogP contribution in [0.25, 0.3) is 0 Å². The maximum Gasteiger partial charge on any atom is 0.306 e. The number of carbonyl (C=O) groups excluding carboxylic acids is 2.